The molecular formula is C11H20N2O2. The van der Waals surface area contributed by atoms with Crippen LogP contribution in [0.15, 0.2) is 0 Å². The van der Waals surface area contributed by atoms with Crippen LogP contribution in [-0.4, -0.2) is 49.7 Å². The molecule has 0 aromatic rings. The third-order valence-corrected chi connectivity index (χ3v) is 3.62. The summed E-state index contributed by atoms with van der Waals surface area (Å²) in [4.78, 5) is 14.1. The van der Waals surface area contributed by atoms with Crippen molar-refractivity contribution in [1.82, 2.24) is 10.2 Å². The highest BCUT2D eigenvalue weighted by atomic mass is 16.5. The smallest absolute Gasteiger partial charge is 0.228 e. The van der Waals surface area contributed by atoms with Crippen molar-refractivity contribution < 1.29 is 9.53 Å². The van der Waals surface area contributed by atoms with Crippen LogP contribution in [0.3, 0.4) is 0 Å². The first-order chi connectivity index (χ1) is 7.20. The van der Waals surface area contributed by atoms with Gasteiger partial charge in [-0.25, -0.2) is 0 Å². The van der Waals surface area contributed by atoms with Crippen molar-refractivity contribution in [2.45, 2.75) is 31.9 Å². The SMILES string of the molecule is CC1OCCC1C(=O)N(C)C1CCNC1. The Labute approximate surface area is 91.0 Å². The van der Waals surface area contributed by atoms with Crippen LogP contribution in [0.2, 0.25) is 0 Å². The molecule has 0 bridgehead atoms. The van der Waals surface area contributed by atoms with Gasteiger partial charge < -0.3 is 15.0 Å². The summed E-state index contributed by atoms with van der Waals surface area (Å²) in [7, 11) is 1.92. The Hall–Kier alpha value is -0.610. The van der Waals surface area contributed by atoms with Crippen molar-refractivity contribution in [3.8, 4) is 0 Å². The van der Waals surface area contributed by atoms with E-state index in [0.29, 0.717) is 6.04 Å². The van der Waals surface area contributed by atoms with Gasteiger partial charge in [0.2, 0.25) is 5.91 Å². The Morgan fingerprint density at radius 3 is 2.80 bits per heavy atom. The summed E-state index contributed by atoms with van der Waals surface area (Å²) in [5, 5.41) is 3.28. The second kappa shape index (κ2) is 4.49. The highest BCUT2D eigenvalue weighted by Gasteiger charge is 2.35. The normalized spacial score (nSPS) is 35.7. The molecule has 0 aromatic heterocycles. The van der Waals surface area contributed by atoms with E-state index in [9.17, 15) is 4.79 Å². The van der Waals surface area contributed by atoms with Crippen LogP contribution < -0.4 is 5.32 Å². The lowest BCUT2D eigenvalue weighted by Crippen LogP contribution is -2.43. The van der Waals surface area contributed by atoms with Gasteiger partial charge in [0.15, 0.2) is 0 Å². The third kappa shape index (κ3) is 2.16. The van der Waals surface area contributed by atoms with Gasteiger partial charge in [-0.15, -0.1) is 0 Å². The Balaban J connectivity index is 1.94. The van der Waals surface area contributed by atoms with Crippen LogP contribution in [-0.2, 0) is 9.53 Å². The summed E-state index contributed by atoms with van der Waals surface area (Å²) >= 11 is 0. The van der Waals surface area contributed by atoms with Gasteiger partial charge in [0, 0.05) is 26.2 Å². The lowest BCUT2D eigenvalue weighted by molar-refractivity contribution is -0.137. The molecule has 0 aromatic carbocycles. The number of hydrogen-bond acceptors (Lipinski definition) is 3. The van der Waals surface area contributed by atoms with E-state index in [-0.39, 0.29) is 17.9 Å². The molecule has 3 unspecified atom stereocenters. The molecule has 4 nitrogen and oxygen atoms in total. The van der Waals surface area contributed by atoms with Crippen LogP contribution in [0.25, 0.3) is 0 Å². The van der Waals surface area contributed by atoms with E-state index in [1.165, 1.54) is 0 Å². The third-order valence-electron chi connectivity index (χ3n) is 3.62. The zero-order chi connectivity index (χ0) is 10.8. The van der Waals surface area contributed by atoms with E-state index >= 15 is 0 Å². The monoisotopic (exact) mass is 212 g/mol. The zero-order valence-electron chi connectivity index (χ0n) is 9.53. The van der Waals surface area contributed by atoms with Crippen LogP contribution in [0.5, 0.6) is 0 Å². The van der Waals surface area contributed by atoms with Gasteiger partial charge >= 0.3 is 0 Å². The van der Waals surface area contributed by atoms with E-state index in [4.69, 9.17) is 4.74 Å². The van der Waals surface area contributed by atoms with E-state index in [1.807, 2.05) is 18.9 Å². The number of ether oxygens (including phenoxy) is 1. The molecule has 2 heterocycles. The number of carbonyl (C=O) groups is 1. The molecule has 0 aliphatic carbocycles. The van der Waals surface area contributed by atoms with Crippen molar-refractivity contribution in [3.05, 3.63) is 0 Å². The van der Waals surface area contributed by atoms with Crippen LogP contribution in [0, 0.1) is 5.92 Å². The zero-order valence-corrected chi connectivity index (χ0v) is 9.53. The van der Waals surface area contributed by atoms with E-state index < -0.39 is 0 Å². The number of rotatable bonds is 2. The van der Waals surface area contributed by atoms with Crippen molar-refractivity contribution in [3.63, 3.8) is 0 Å². The summed E-state index contributed by atoms with van der Waals surface area (Å²) in [5.74, 6) is 0.337. The summed E-state index contributed by atoms with van der Waals surface area (Å²) in [6.07, 6.45) is 2.05. The molecular weight excluding hydrogens is 192 g/mol. The van der Waals surface area contributed by atoms with Crippen LogP contribution >= 0.6 is 0 Å². The molecule has 0 radical (unpaired) electrons. The van der Waals surface area contributed by atoms with Crippen LogP contribution in [0.4, 0.5) is 0 Å². The quantitative estimate of drug-likeness (QED) is 0.712. The van der Waals surface area contributed by atoms with Crippen molar-refractivity contribution in [2.75, 3.05) is 26.7 Å². The van der Waals surface area contributed by atoms with Gasteiger partial charge in [-0.1, -0.05) is 0 Å². The molecule has 3 atom stereocenters. The number of carbonyl (C=O) groups excluding carboxylic acids is 1. The van der Waals surface area contributed by atoms with Gasteiger partial charge in [-0.3, -0.25) is 4.79 Å². The standard InChI is InChI=1S/C11H20N2O2/c1-8-10(4-6-15-8)11(14)13(2)9-3-5-12-7-9/h8-10,12H,3-7H2,1-2H3. The molecule has 2 aliphatic rings. The Kier molecular flexibility index (Phi) is 3.26. The first kappa shape index (κ1) is 10.9. The minimum atomic E-state index is 0.0793. The van der Waals surface area contributed by atoms with Crippen molar-refractivity contribution in [1.29, 1.82) is 0 Å². The minimum absolute atomic E-state index is 0.0793. The average molecular weight is 212 g/mol. The van der Waals surface area contributed by atoms with Gasteiger partial charge in [-0.05, 0) is 26.3 Å². The number of nitrogens with one attached hydrogen (secondary N) is 1. The molecule has 86 valence electrons. The maximum atomic E-state index is 12.2. The van der Waals surface area contributed by atoms with Gasteiger partial charge in [-0.2, -0.15) is 0 Å². The fourth-order valence-corrected chi connectivity index (χ4v) is 2.47. The molecule has 1 N–H and O–H groups in total. The topological polar surface area (TPSA) is 41.6 Å². The van der Waals surface area contributed by atoms with E-state index in [2.05, 4.69) is 5.32 Å². The molecule has 2 aliphatic heterocycles. The first-order valence-electron chi connectivity index (χ1n) is 5.79. The number of likely N-dealkylation sites (N-methyl/N-ethyl adjacent to an activating group) is 1. The van der Waals surface area contributed by atoms with Crippen molar-refractivity contribution in [2.24, 2.45) is 5.92 Å². The maximum absolute atomic E-state index is 12.2. The number of amides is 1. The second-order valence-electron chi connectivity index (χ2n) is 4.57. The fourth-order valence-electron chi connectivity index (χ4n) is 2.47. The number of hydrogen-bond donors (Lipinski definition) is 1. The molecule has 4 heteroatoms. The lowest BCUT2D eigenvalue weighted by Gasteiger charge is -2.27. The molecule has 15 heavy (non-hydrogen) atoms. The van der Waals surface area contributed by atoms with Gasteiger partial charge in [0.1, 0.15) is 0 Å². The Morgan fingerprint density at radius 2 is 2.27 bits per heavy atom. The Bertz CT molecular complexity index is 239. The summed E-state index contributed by atoms with van der Waals surface area (Å²) in [5.41, 5.74) is 0. The summed E-state index contributed by atoms with van der Waals surface area (Å²) in [6, 6.07) is 0.380. The predicted octanol–water partition coefficient (Wildman–Crippen LogP) is 0.232. The van der Waals surface area contributed by atoms with E-state index in [0.717, 1.165) is 32.5 Å². The van der Waals surface area contributed by atoms with E-state index in [1.54, 1.807) is 0 Å². The first-order valence-corrected chi connectivity index (χ1v) is 5.79. The predicted molar refractivity (Wildman–Crippen MR) is 57.6 cm³/mol. The Morgan fingerprint density at radius 1 is 1.47 bits per heavy atom. The maximum Gasteiger partial charge on any atom is 0.228 e. The molecule has 0 spiro atoms. The van der Waals surface area contributed by atoms with Gasteiger partial charge in [0.05, 0.1) is 12.0 Å². The average Bonchev–Trinajstić information content (AvgIpc) is 2.85. The summed E-state index contributed by atoms with van der Waals surface area (Å²) < 4.78 is 5.44. The molecule has 0 saturated carbocycles. The molecule has 2 fully saturated rings. The molecule has 1 amide bonds. The van der Waals surface area contributed by atoms with Crippen LogP contribution in [0.1, 0.15) is 19.8 Å². The number of nitrogens with zero attached hydrogens (tertiary/aromatic N) is 1. The highest BCUT2D eigenvalue weighted by molar-refractivity contribution is 5.79. The largest absolute Gasteiger partial charge is 0.378 e. The second-order valence-corrected chi connectivity index (χ2v) is 4.57. The fraction of sp³-hybridized carbons (Fsp3) is 0.909. The van der Waals surface area contributed by atoms with Crippen molar-refractivity contribution >= 4 is 5.91 Å². The lowest BCUT2D eigenvalue weighted by atomic mass is 10.0. The highest BCUT2D eigenvalue weighted by Crippen LogP contribution is 2.23. The van der Waals surface area contributed by atoms with Gasteiger partial charge in [0.25, 0.3) is 0 Å². The molecule has 2 saturated heterocycles. The molecule has 2 rings (SSSR count). The minimum Gasteiger partial charge on any atom is -0.378 e. The summed E-state index contributed by atoms with van der Waals surface area (Å²) in [6.45, 7) is 4.69.